The molecule has 0 fully saturated rings. The maximum atomic E-state index is 12.9. The normalized spacial score (nSPS) is 16.8. The molecule has 10 heavy (non-hydrogen) atoms. The Kier molecular flexibility index (Phi) is 1.43. The van der Waals surface area contributed by atoms with Gasteiger partial charge in [0.05, 0.1) is 0 Å². The van der Waals surface area contributed by atoms with E-state index in [4.69, 9.17) is 38.3 Å². The van der Waals surface area contributed by atoms with Crippen LogP contribution in [0.4, 0.5) is 4.20 Å². The first kappa shape index (κ1) is 9.41. The molecule has 0 aliphatic carbocycles. The molecule has 0 aromatic heterocycles. The third-order valence-corrected chi connectivity index (χ3v) is 3.28. The van der Waals surface area contributed by atoms with E-state index in [0.717, 1.165) is 0 Å². The number of hydrogen-bond donors (Lipinski definition) is 0. The molecule has 7 heteroatoms. The summed E-state index contributed by atoms with van der Waals surface area (Å²) in [6.07, 6.45) is 0. The number of rotatable bonds is 0. The molecule has 0 spiro atoms. The molecule has 0 aromatic carbocycles. The van der Waals surface area contributed by atoms with Gasteiger partial charge in [0, 0.05) is 0 Å². The predicted molar refractivity (Wildman–Crippen MR) is 36.6 cm³/mol. The van der Waals surface area contributed by atoms with Gasteiger partial charge in [0.2, 0.25) is 0 Å². The van der Waals surface area contributed by atoms with Gasteiger partial charge >= 0.3 is 64.9 Å². The van der Waals surface area contributed by atoms with E-state index in [0.29, 0.717) is 17.4 Å². The quantitative estimate of drug-likeness (QED) is 0.562. The van der Waals surface area contributed by atoms with Crippen molar-refractivity contribution < 1.29 is 4.20 Å². The minimum atomic E-state index is -6.41. The first-order valence-electron chi connectivity index (χ1n) is 1.85. The van der Waals surface area contributed by atoms with Crippen LogP contribution in [0.1, 0.15) is 0 Å². The van der Waals surface area contributed by atoms with Gasteiger partial charge in [0.15, 0.2) is 0 Å². The zero-order chi connectivity index (χ0) is 8.53. The van der Waals surface area contributed by atoms with Crippen LogP contribution < -0.4 is 0 Å². The van der Waals surface area contributed by atoms with Crippen molar-refractivity contribution >= 4 is 27.4 Å². The summed E-state index contributed by atoms with van der Waals surface area (Å²) in [7, 11) is 0. The molecule has 0 amide bonds. The van der Waals surface area contributed by atoms with E-state index < -0.39 is 4.96 Å². The van der Waals surface area contributed by atoms with Gasteiger partial charge in [-0.3, -0.25) is 0 Å². The third kappa shape index (κ3) is 1.47. The molecule has 0 atom stereocenters. The van der Waals surface area contributed by atoms with Crippen LogP contribution >= 0.6 is 27.4 Å². The molecule has 0 unspecified atom stereocenters. The van der Waals surface area contributed by atoms with Gasteiger partial charge in [-0.15, -0.1) is 0 Å². The molecular formula is C3Cl2FN3P-. The fraction of sp³-hybridized carbons (Fsp3) is 0. The topological polar surface area (TPSA) is 71.4 Å². The minimum absolute atomic E-state index is 0.709. The summed E-state index contributed by atoms with van der Waals surface area (Å²) in [5.41, 5.74) is 0. The van der Waals surface area contributed by atoms with Gasteiger partial charge in [-0.25, -0.2) is 0 Å². The van der Waals surface area contributed by atoms with Crippen LogP contribution in [0.5, 0.6) is 0 Å². The number of halogens is 3. The zero-order valence-electron chi connectivity index (χ0n) is 4.42. The Morgan fingerprint density at radius 1 is 1.00 bits per heavy atom. The number of nitriles is 3. The van der Waals surface area contributed by atoms with Gasteiger partial charge in [0.1, 0.15) is 0 Å². The molecule has 0 aliphatic rings. The number of nitrogens with zero attached hydrogens (tertiary/aromatic N) is 3. The van der Waals surface area contributed by atoms with Crippen molar-refractivity contribution in [1.29, 1.82) is 15.8 Å². The van der Waals surface area contributed by atoms with Crippen LogP contribution in [0, 0.1) is 33.2 Å². The van der Waals surface area contributed by atoms with Crippen LogP contribution in [-0.2, 0) is 0 Å². The fourth-order valence-corrected chi connectivity index (χ4v) is 0.201. The summed E-state index contributed by atoms with van der Waals surface area (Å²) in [4.78, 5) is -6.41. The molecule has 0 heterocycles. The number of hydrogen-bond acceptors (Lipinski definition) is 3. The van der Waals surface area contributed by atoms with Gasteiger partial charge in [0.25, 0.3) is 0 Å². The van der Waals surface area contributed by atoms with E-state index in [1.807, 2.05) is 0 Å². The Morgan fingerprint density at radius 3 is 1.20 bits per heavy atom. The van der Waals surface area contributed by atoms with Crippen molar-refractivity contribution in [3.8, 4) is 17.4 Å². The summed E-state index contributed by atoms with van der Waals surface area (Å²) in [6, 6.07) is 0. The molecule has 0 saturated heterocycles. The van der Waals surface area contributed by atoms with Crippen LogP contribution in [-0.4, -0.2) is 0 Å². The van der Waals surface area contributed by atoms with Crippen LogP contribution in [0.3, 0.4) is 0 Å². The Labute approximate surface area is 65.4 Å². The second-order valence-corrected chi connectivity index (χ2v) is 10.1. The van der Waals surface area contributed by atoms with E-state index in [1.165, 1.54) is 0 Å². The second kappa shape index (κ2) is 1.52. The van der Waals surface area contributed by atoms with Crippen LogP contribution in [0.2, 0.25) is 0 Å². The van der Waals surface area contributed by atoms with E-state index >= 15 is 0 Å². The Bertz CT molecular complexity index is 260. The predicted octanol–water partition coefficient (Wildman–Crippen LogP) is 2.71. The molecule has 0 N–H and O–H groups in total. The van der Waals surface area contributed by atoms with Crippen molar-refractivity contribution in [2.75, 3.05) is 0 Å². The summed E-state index contributed by atoms with van der Waals surface area (Å²) in [5.74, 6) is 2.13. The average molecular weight is 199 g/mol. The van der Waals surface area contributed by atoms with E-state index in [-0.39, 0.29) is 0 Å². The van der Waals surface area contributed by atoms with E-state index in [2.05, 4.69) is 0 Å². The average Bonchev–Trinajstić information content (AvgIpc) is 1.90. The summed E-state index contributed by atoms with van der Waals surface area (Å²) < 4.78 is 12.9. The molecule has 0 bridgehead atoms. The molecule has 0 aromatic rings. The Balaban J connectivity index is 5.71. The molecule has 0 aliphatic heterocycles. The summed E-state index contributed by atoms with van der Waals surface area (Å²) in [6.45, 7) is 0. The summed E-state index contributed by atoms with van der Waals surface area (Å²) >= 11 is 9.51. The van der Waals surface area contributed by atoms with E-state index in [1.54, 1.807) is 0 Å². The van der Waals surface area contributed by atoms with Crippen LogP contribution in [0.15, 0.2) is 0 Å². The second-order valence-electron chi connectivity index (χ2n) is 1.59. The van der Waals surface area contributed by atoms with Crippen molar-refractivity contribution in [3.63, 3.8) is 0 Å². The van der Waals surface area contributed by atoms with Crippen LogP contribution in [0.25, 0.3) is 0 Å². The summed E-state index contributed by atoms with van der Waals surface area (Å²) in [5, 5.41) is 24.1. The van der Waals surface area contributed by atoms with Gasteiger partial charge in [-0.2, -0.15) is 0 Å². The molecule has 0 saturated carbocycles. The maximum absolute atomic E-state index is 12.9. The fourth-order valence-electron chi connectivity index (χ4n) is 0.0671. The molecule has 0 radical (unpaired) electrons. The SMILES string of the molecule is N#C[P-](F)(Cl)(Cl)(C#N)C#N. The molecule has 54 valence electrons. The molecule has 3 nitrogen and oxygen atoms in total. The first-order valence-corrected chi connectivity index (χ1v) is 6.23. The van der Waals surface area contributed by atoms with E-state index in [9.17, 15) is 4.20 Å². The third-order valence-electron chi connectivity index (χ3n) is 0.640. The Morgan fingerprint density at radius 2 is 1.20 bits per heavy atom. The zero-order valence-corrected chi connectivity index (χ0v) is 6.83. The van der Waals surface area contributed by atoms with Gasteiger partial charge in [-0.05, 0) is 0 Å². The standard InChI is InChI=1S/C3Cl2FN3P/c4-10(5,6,1-7,2-8)3-9/q-1. The van der Waals surface area contributed by atoms with Crippen molar-refractivity contribution in [2.45, 2.75) is 0 Å². The molecule has 0 rings (SSSR count). The van der Waals surface area contributed by atoms with Crippen molar-refractivity contribution in [3.05, 3.63) is 0 Å². The van der Waals surface area contributed by atoms with Gasteiger partial charge < -0.3 is 0 Å². The van der Waals surface area contributed by atoms with Crippen molar-refractivity contribution in [2.24, 2.45) is 0 Å². The van der Waals surface area contributed by atoms with Crippen molar-refractivity contribution in [1.82, 2.24) is 0 Å². The molecular weight excluding hydrogens is 199 g/mol. The Hall–Kier alpha value is -0.590. The van der Waals surface area contributed by atoms with Gasteiger partial charge in [-0.1, -0.05) is 0 Å². The monoisotopic (exact) mass is 198 g/mol. The first-order chi connectivity index (χ1) is 4.21.